The van der Waals surface area contributed by atoms with Crippen molar-refractivity contribution in [1.82, 2.24) is 4.90 Å². The molecule has 1 saturated heterocycles. The van der Waals surface area contributed by atoms with Crippen molar-refractivity contribution in [2.24, 2.45) is 11.3 Å². The molecule has 1 fully saturated rings. The number of nitrogens with zero attached hydrogens (tertiary/aromatic N) is 1. The van der Waals surface area contributed by atoms with Crippen molar-refractivity contribution in [2.45, 2.75) is 39.5 Å². The summed E-state index contributed by atoms with van der Waals surface area (Å²) in [5, 5.41) is 8.85. The molecule has 4 nitrogen and oxygen atoms in total. The first-order valence-corrected chi connectivity index (χ1v) is 7.93. The Bertz CT molecular complexity index is 516. The number of carbonyl (C=O) groups excluding carboxylic acids is 1. The summed E-state index contributed by atoms with van der Waals surface area (Å²) in [6.45, 7) is 5.33. The molecular weight excluding hydrogens is 278 g/mol. The lowest BCUT2D eigenvalue weighted by atomic mass is 9.83. The summed E-state index contributed by atoms with van der Waals surface area (Å²) in [5.41, 5.74) is 0.739. The van der Waals surface area contributed by atoms with Crippen LogP contribution in [0.4, 0.5) is 0 Å². The van der Waals surface area contributed by atoms with Gasteiger partial charge in [-0.15, -0.1) is 0 Å². The van der Waals surface area contributed by atoms with E-state index in [9.17, 15) is 9.59 Å². The summed E-state index contributed by atoms with van der Waals surface area (Å²) in [5.74, 6) is -0.363. The SMILES string of the molecule is CC(C)(Cc1ccccc1)C(=O)N1CCC(CC(=O)O)CC1. The highest BCUT2D eigenvalue weighted by Crippen LogP contribution is 2.28. The molecule has 1 aromatic carbocycles. The van der Waals surface area contributed by atoms with E-state index in [0.29, 0.717) is 13.1 Å². The zero-order valence-corrected chi connectivity index (χ0v) is 13.4. The van der Waals surface area contributed by atoms with Gasteiger partial charge in [0.2, 0.25) is 5.91 Å². The number of piperidine rings is 1. The number of rotatable bonds is 5. The van der Waals surface area contributed by atoms with Crippen molar-refractivity contribution >= 4 is 11.9 Å². The molecular formula is C18H25NO3. The molecule has 0 saturated carbocycles. The van der Waals surface area contributed by atoms with Crippen LogP contribution in [-0.4, -0.2) is 35.0 Å². The van der Waals surface area contributed by atoms with Crippen molar-refractivity contribution in [1.29, 1.82) is 0 Å². The summed E-state index contributed by atoms with van der Waals surface area (Å²) >= 11 is 0. The van der Waals surface area contributed by atoms with Gasteiger partial charge < -0.3 is 10.0 Å². The fraction of sp³-hybridized carbons (Fsp3) is 0.556. The average Bonchev–Trinajstić information content (AvgIpc) is 2.47. The predicted molar refractivity (Wildman–Crippen MR) is 85.5 cm³/mol. The van der Waals surface area contributed by atoms with Crippen molar-refractivity contribution < 1.29 is 14.7 Å². The van der Waals surface area contributed by atoms with Crippen molar-refractivity contribution in [3.8, 4) is 0 Å². The highest BCUT2D eigenvalue weighted by atomic mass is 16.4. The van der Waals surface area contributed by atoms with Gasteiger partial charge in [-0.05, 0) is 30.7 Å². The van der Waals surface area contributed by atoms with Gasteiger partial charge >= 0.3 is 5.97 Å². The standard InChI is InChI=1S/C18H25NO3/c1-18(2,13-15-6-4-3-5-7-15)17(22)19-10-8-14(9-11-19)12-16(20)21/h3-7,14H,8-13H2,1-2H3,(H,20,21). The molecule has 0 unspecified atom stereocenters. The van der Waals surface area contributed by atoms with Gasteiger partial charge in [0.25, 0.3) is 0 Å². The van der Waals surface area contributed by atoms with Gasteiger partial charge in [0.15, 0.2) is 0 Å². The molecule has 0 aromatic heterocycles. The second-order valence-corrected chi connectivity index (χ2v) is 6.88. The van der Waals surface area contributed by atoms with E-state index in [1.807, 2.05) is 49.1 Å². The van der Waals surface area contributed by atoms with E-state index < -0.39 is 11.4 Å². The summed E-state index contributed by atoms with van der Waals surface area (Å²) < 4.78 is 0. The maximum Gasteiger partial charge on any atom is 0.303 e. The first kappa shape index (κ1) is 16.5. The van der Waals surface area contributed by atoms with E-state index in [-0.39, 0.29) is 18.2 Å². The van der Waals surface area contributed by atoms with Gasteiger partial charge in [-0.2, -0.15) is 0 Å². The van der Waals surface area contributed by atoms with Crippen LogP contribution in [0.3, 0.4) is 0 Å². The Morgan fingerprint density at radius 1 is 1.18 bits per heavy atom. The van der Waals surface area contributed by atoms with Gasteiger partial charge in [0.1, 0.15) is 0 Å². The van der Waals surface area contributed by atoms with E-state index in [0.717, 1.165) is 19.3 Å². The quantitative estimate of drug-likeness (QED) is 0.910. The minimum Gasteiger partial charge on any atom is -0.481 e. The third-order valence-electron chi connectivity index (χ3n) is 4.43. The average molecular weight is 303 g/mol. The summed E-state index contributed by atoms with van der Waals surface area (Å²) in [6, 6.07) is 10.1. The van der Waals surface area contributed by atoms with Crippen LogP contribution in [0, 0.1) is 11.3 Å². The number of hydrogen-bond donors (Lipinski definition) is 1. The van der Waals surface area contributed by atoms with Crippen molar-refractivity contribution in [3.63, 3.8) is 0 Å². The lowest BCUT2D eigenvalue weighted by Crippen LogP contribution is -2.46. The Morgan fingerprint density at radius 2 is 1.77 bits per heavy atom. The second-order valence-electron chi connectivity index (χ2n) is 6.88. The molecule has 0 radical (unpaired) electrons. The lowest BCUT2D eigenvalue weighted by Gasteiger charge is -2.36. The summed E-state index contributed by atoms with van der Waals surface area (Å²) in [4.78, 5) is 25.4. The van der Waals surface area contributed by atoms with Gasteiger partial charge in [-0.1, -0.05) is 44.2 Å². The molecule has 0 spiro atoms. The number of hydrogen-bond acceptors (Lipinski definition) is 2. The van der Waals surface area contributed by atoms with Crippen LogP contribution in [0.25, 0.3) is 0 Å². The van der Waals surface area contributed by atoms with Gasteiger partial charge in [-0.25, -0.2) is 0 Å². The Morgan fingerprint density at radius 3 is 2.32 bits per heavy atom. The fourth-order valence-electron chi connectivity index (χ4n) is 3.20. The third-order valence-corrected chi connectivity index (χ3v) is 4.43. The zero-order valence-electron chi connectivity index (χ0n) is 13.4. The van der Waals surface area contributed by atoms with Crippen LogP contribution in [-0.2, 0) is 16.0 Å². The number of likely N-dealkylation sites (tertiary alicyclic amines) is 1. The van der Waals surface area contributed by atoms with Gasteiger partial charge in [0.05, 0.1) is 0 Å². The minimum absolute atomic E-state index is 0.171. The molecule has 1 heterocycles. The Labute approximate surface area is 132 Å². The normalized spacial score (nSPS) is 16.5. The molecule has 1 aliphatic rings. The minimum atomic E-state index is -0.741. The molecule has 1 aliphatic heterocycles. The van der Waals surface area contributed by atoms with Crippen LogP contribution in [0.15, 0.2) is 30.3 Å². The van der Waals surface area contributed by atoms with Crippen LogP contribution >= 0.6 is 0 Å². The van der Waals surface area contributed by atoms with Gasteiger partial charge in [0, 0.05) is 24.9 Å². The highest BCUT2D eigenvalue weighted by molar-refractivity contribution is 5.82. The van der Waals surface area contributed by atoms with Crippen LogP contribution in [0.5, 0.6) is 0 Å². The molecule has 1 N–H and O–H groups in total. The second kappa shape index (κ2) is 6.95. The van der Waals surface area contributed by atoms with Crippen LogP contribution in [0.2, 0.25) is 0 Å². The van der Waals surface area contributed by atoms with Gasteiger partial charge in [-0.3, -0.25) is 9.59 Å². The zero-order chi connectivity index (χ0) is 16.2. The van der Waals surface area contributed by atoms with Crippen LogP contribution in [0.1, 0.15) is 38.7 Å². The molecule has 0 bridgehead atoms. The number of aliphatic carboxylic acids is 1. The molecule has 0 atom stereocenters. The number of carboxylic acid groups (broad SMARTS) is 1. The maximum absolute atomic E-state index is 12.8. The van der Waals surface area contributed by atoms with E-state index in [1.54, 1.807) is 0 Å². The first-order chi connectivity index (χ1) is 10.4. The van der Waals surface area contributed by atoms with E-state index in [1.165, 1.54) is 5.56 Å². The third kappa shape index (κ3) is 4.33. The summed E-state index contributed by atoms with van der Waals surface area (Å²) in [7, 11) is 0. The Hall–Kier alpha value is -1.84. The van der Waals surface area contributed by atoms with Crippen LogP contribution < -0.4 is 0 Å². The molecule has 120 valence electrons. The van der Waals surface area contributed by atoms with E-state index in [2.05, 4.69) is 0 Å². The monoisotopic (exact) mass is 303 g/mol. The number of benzene rings is 1. The topological polar surface area (TPSA) is 57.6 Å². The highest BCUT2D eigenvalue weighted by Gasteiger charge is 2.34. The largest absolute Gasteiger partial charge is 0.481 e. The number of carbonyl (C=O) groups is 2. The molecule has 1 amide bonds. The Balaban J connectivity index is 1.92. The predicted octanol–water partition coefficient (Wildman–Crippen LogP) is 2.97. The van der Waals surface area contributed by atoms with E-state index in [4.69, 9.17) is 5.11 Å². The first-order valence-electron chi connectivity index (χ1n) is 7.93. The van der Waals surface area contributed by atoms with Crippen molar-refractivity contribution in [2.75, 3.05) is 13.1 Å². The molecule has 0 aliphatic carbocycles. The fourth-order valence-corrected chi connectivity index (χ4v) is 3.20. The lowest BCUT2D eigenvalue weighted by molar-refractivity contribution is -0.142. The Kier molecular flexibility index (Phi) is 5.22. The molecule has 22 heavy (non-hydrogen) atoms. The number of amides is 1. The number of carboxylic acids is 1. The maximum atomic E-state index is 12.8. The molecule has 4 heteroatoms. The smallest absolute Gasteiger partial charge is 0.303 e. The van der Waals surface area contributed by atoms with E-state index >= 15 is 0 Å². The molecule has 1 aromatic rings. The van der Waals surface area contributed by atoms with Crippen molar-refractivity contribution in [3.05, 3.63) is 35.9 Å². The summed E-state index contributed by atoms with van der Waals surface area (Å²) in [6.07, 6.45) is 2.52. The molecule has 2 rings (SSSR count).